The molecule has 0 amide bonds. The van der Waals surface area contributed by atoms with E-state index in [9.17, 15) is 4.79 Å². The predicted octanol–water partition coefficient (Wildman–Crippen LogP) is 2.13. The SMILES string of the molecule is CN(CC(=O)C(C)(C)C)Cc1ccncc1. The third kappa shape index (κ3) is 4.11. The minimum atomic E-state index is -0.257. The van der Waals surface area contributed by atoms with Crippen molar-refractivity contribution in [1.82, 2.24) is 9.88 Å². The van der Waals surface area contributed by atoms with E-state index in [-0.39, 0.29) is 11.2 Å². The lowest BCUT2D eigenvalue weighted by atomic mass is 9.90. The molecule has 0 atom stereocenters. The average Bonchev–Trinajstić information content (AvgIpc) is 2.17. The minimum absolute atomic E-state index is 0.257. The summed E-state index contributed by atoms with van der Waals surface area (Å²) in [7, 11) is 1.96. The molecule has 0 aromatic carbocycles. The van der Waals surface area contributed by atoms with Crippen LogP contribution < -0.4 is 0 Å². The van der Waals surface area contributed by atoms with Gasteiger partial charge in [0.15, 0.2) is 5.78 Å². The molecule has 0 aliphatic carbocycles. The zero-order chi connectivity index (χ0) is 12.2. The van der Waals surface area contributed by atoms with E-state index in [2.05, 4.69) is 4.98 Å². The second-order valence-electron chi connectivity index (χ2n) is 5.20. The van der Waals surface area contributed by atoms with E-state index in [0.29, 0.717) is 6.54 Å². The van der Waals surface area contributed by atoms with E-state index in [4.69, 9.17) is 0 Å². The molecule has 0 saturated heterocycles. The lowest BCUT2D eigenvalue weighted by Gasteiger charge is -2.22. The van der Waals surface area contributed by atoms with Gasteiger partial charge in [-0.3, -0.25) is 14.7 Å². The number of Topliss-reactive ketones (excluding diaryl/α,β-unsaturated/α-hetero) is 1. The summed E-state index contributed by atoms with van der Waals surface area (Å²) < 4.78 is 0. The van der Waals surface area contributed by atoms with E-state index in [0.717, 1.165) is 6.54 Å². The molecule has 0 radical (unpaired) electrons. The smallest absolute Gasteiger partial charge is 0.152 e. The van der Waals surface area contributed by atoms with Crippen molar-refractivity contribution in [2.75, 3.05) is 13.6 Å². The fourth-order valence-electron chi connectivity index (χ4n) is 1.34. The normalized spacial score (nSPS) is 11.8. The average molecular weight is 220 g/mol. The van der Waals surface area contributed by atoms with E-state index < -0.39 is 0 Å². The maximum atomic E-state index is 11.8. The summed E-state index contributed by atoms with van der Waals surface area (Å²) in [6, 6.07) is 3.94. The highest BCUT2D eigenvalue weighted by Gasteiger charge is 2.22. The van der Waals surface area contributed by atoms with Gasteiger partial charge in [0.2, 0.25) is 0 Å². The predicted molar refractivity (Wildman–Crippen MR) is 65.0 cm³/mol. The van der Waals surface area contributed by atoms with Crippen LogP contribution in [0.15, 0.2) is 24.5 Å². The number of carbonyl (C=O) groups excluding carboxylic acids is 1. The number of likely N-dealkylation sites (N-methyl/N-ethyl adjacent to an activating group) is 1. The van der Waals surface area contributed by atoms with Crippen LogP contribution in [0.2, 0.25) is 0 Å². The van der Waals surface area contributed by atoms with E-state index in [1.165, 1.54) is 5.56 Å². The van der Waals surface area contributed by atoms with E-state index >= 15 is 0 Å². The van der Waals surface area contributed by atoms with Gasteiger partial charge in [-0.05, 0) is 24.7 Å². The molecule has 0 aliphatic rings. The number of nitrogens with zero attached hydrogens (tertiary/aromatic N) is 2. The number of ketones is 1. The summed E-state index contributed by atoms with van der Waals surface area (Å²) in [5, 5.41) is 0. The maximum Gasteiger partial charge on any atom is 0.152 e. The van der Waals surface area contributed by atoms with Crippen LogP contribution >= 0.6 is 0 Å². The molecule has 3 heteroatoms. The summed E-state index contributed by atoms with van der Waals surface area (Å²) in [6.07, 6.45) is 3.55. The first-order chi connectivity index (χ1) is 7.39. The Hall–Kier alpha value is -1.22. The molecule has 88 valence electrons. The topological polar surface area (TPSA) is 33.2 Å². The van der Waals surface area contributed by atoms with Crippen molar-refractivity contribution in [3.05, 3.63) is 30.1 Å². The number of hydrogen-bond donors (Lipinski definition) is 0. The summed E-state index contributed by atoms with van der Waals surface area (Å²) in [4.78, 5) is 17.8. The Kier molecular flexibility index (Phi) is 4.19. The second kappa shape index (κ2) is 5.21. The van der Waals surface area contributed by atoms with Gasteiger partial charge in [-0.25, -0.2) is 0 Å². The molecule has 3 nitrogen and oxygen atoms in total. The first-order valence-corrected chi connectivity index (χ1v) is 5.50. The molecule has 0 saturated carbocycles. The molecule has 0 N–H and O–H groups in total. The van der Waals surface area contributed by atoms with Crippen LogP contribution in [0.5, 0.6) is 0 Å². The highest BCUT2D eigenvalue weighted by molar-refractivity contribution is 5.85. The summed E-state index contributed by atoms with van der Waals surface area (Å²) in [5.41, 5.74) is 0.922. The highest BCUT2D eigenvalue weighted by Crippen LogP contribution is 2.15. The number of aromatic nitrogens is 1. The first-order valence-electron chi connectivity index (χ1n) is 5.50. The van der Waals surface area contributed by atoms with Crippen LogP contribution in [0.4, 0.5) is 0 Å². The number of pyridine rings is 1. The van der Waals surface area contributed by atoms with Crippen molar-refractivity contribution in [2.45, 2.75) is 27.3 Å². The molecule has 0 unspecified atom stereocenters. The summed E-state index contributed by atoms with van der Waals surface area (Å²) in [5.74, 6) is 0.268. The van der Waals surface area contributed by atoms with Gasteiger partial charge in [-0.2, -0.15) is 0 Å². The van der Waals surface area contributed by atoms with Crippen LogP contribution in [-0.2, 0) is 11.3 Å². The van der Waals surface area contributed by atoms with Gasteiger partial charge >= 0.3 is 0 Å². The Bertz CT molecular complexity index is 341. The monoisotopic (exact) mass is 220 g/mol. The van der Waals surface area contributed by atoms with Crippen molar-refractivity contribution in [1.29, 1.82) is 0 Å². The molecule has 0 spiro atoms. The molecule has 0 aliphatic heterocycles. The lowest BCUT2D eigenvalue weighted by molar-refractivity contribution is -0.127. The van der Waals surface area contributed by atoms with Crippen molar-refractivity contribution in [2.24, 2.45) is 5.41 Å². The molecular weight excluding hydrogens is 200 g/mol. The Balaban J connectivity index is 2.49. The standard InChI is InChI=1S/C13H20N2O/c1-13(2,3)12(16)10-15(4)9-11-5-7-14-8-6-11/h5-8H,9-10H2,1-4H3. The summed E-state index contributed by atoms with van der Waals surface area (Å²) >= 11 is 0. The summed E-state index contributed by atoms with van der Waals surface area (Å²) in [6.45, 7) is 7.14. The highest BCUT2D eigenvalue weighted by atomic mass is 16.1. The zero-order valence-electron chi connectivity index (χ0n) is 10.5. The zero-order valence-corrected chi connectivity index (χ0v) is 10.5. The molecular formula is C13H20N2O. The second-order valence-corrected chi connectivity index (χ2v) is 5.20. The van der Waals surface area contributed by atoms with Crippen LogP contribution in [0.3, 0.4) is 0 Å². The van der Waals surface area contributed by atoms with Crippen molar-refractivity contribution >= 4 is 5.78 Å². The lowest BCUT2D eigenvalue weighted by Crippen LogP contribution is -2.33. The molecule has 1 aromatic heterocycles. The van der Waals surface area contributed by atoms with Crippen molar-refractivity contribution < 1.29 is 4.79 Å². The molecule has 1 heterocycles. The van der Waals surface area contributed by atoms with Gasteiger partial charge in [0.25, 0.3) is 0 Å². The van der Waals surface area contributed by atoms with Crippen molar-refractivity contribution in [3.8, 4) is 0 Å². The number of hydrogen-bond acceptors (Lipinski definition) is 3. The van der Waals surface area contributed by atoms with E-state index in [1.807, 2.05) is 44.9 Å². The third-order valence-electron chi connectivity index (χ3n) is 2.45. The molecule has 0 fully saturated rings. The molecule has 16 heavy (non-hydrogen) atoms. The first kappa shape index (κ1) is 12.8. The van der Waals surface area contributed by atoms with Crippen LogP contribution in [-0.4, -0.2) is 29.3 Å². The minimum Gasteiger partial charge on any atom is -0.298 e. The largest absolute Gasteiger partial charge is 0.298 e. The van der Waals surface area contributed by atoms with E-state index in [1.54, 1.807) is 12.4 Å². The van der Waals surface area contributed by atoms with Gasteiger partial charge in [0, 0.05) is 24.4 Å². The fourth-order valence-corrected chi connectivity index (χ4v) is 1.34. The fraction of sp³-hybridized carbons (Fsp3) is 0.538. The van der Waals surface area contributed by atoms with Gasteiger partial charge in [-0.1, -0.05) is 20.8 Å². The van der Waals surface area contributed by atoms with Gasteiger partial charge in [-0.15, -0.1) is 0 Å². The Labute approximate surface area is 97.5 Å². The number of rotatable bonds is 4. The molecule has 1 rings (SSSR count). The van der Waals surface area contributed by atoms with Crippen LogP contribution in [0.25, 0.3) is 0 Å². The van der Waals surface area contributed by atoms with Crippen molar-refractivity contribution in [3.63, 3.8) is 0 Å². The van der Waals surface area contributed by atoms with Crippen LogP contribution in [0, 0.1) is 5.41 Å². The molecule has 0 bridgehead atoms. The molecule has 1 aromatic rings. The third-order valence-corrected chi connectivity index (χ3v) is 2.45. The Morgan fingerprint density at radius 2 is 1.88 bits per heavy atom. The Morgan fingerprint density at radius 3 is 2.38 bits per heavy atom. The quantitative estimate of drug-likeness (QED) is 0.779. The van der Waals surface area contributed by atoms with Gasteiger partial charge < -0.3 is 0 Å². The maximum absolute atomic E-state index is 11.8. The van der Waals surface area contributed by atoms with Crippen LogP contribution in [0.1, 0.15) is 26.3 Å². The van der Waals surface area contributed by atoms with Gasteiger partial charge in [0.1, 0.15) is 0 Å². The Morgan fingerprint density at radius 1 is 1.31 bits per heavy atom. The van der Waals surface area contributed by atoms with Gasteiger partial charge in [0.05, 0.1) is 6.54 Å². The number of carbonyl (C=O) groups is 1.